The van der Waals surface area contributed by atoms with Gasteiger partial charge in [0.05, 0.1) is 11.3 Å². The van der Waals surface area contributed by atoms with Crippen LogP contribution < -0.4 is 5.32 Å². The van der Waals surface area contributed by atoms with E-state index in [1.807, 2.05) is 30.3 Å². The first kappa shape index (κ1) is 13.9. The SMILES string of the molecule is O=C(Nc1cc(I)ccc1Br)c1ccccc1S. The van der Waals surface area contributed by atoms with E-state index < -0.39 is 0 Å². The van der Waals surface area contributed by atoms with Crippen LogP contribution in [-0.4, -0.2) is 5.91 Å². The third kappa shape index (κ3) is 3.27. The van der Waals surface area contributed by atoms with Gasteiger partial charge >= 0.3 is 0 Å². The smallest absolute Gasteiger partial charge is 0.256 e. The van der Waals surface area contributed by atoms with Crippen molar-refractivity contribution in [2.45, 2.75) is 4.90 Å². The monoisotopic (exact) mass is 433 g/mol. The number of hydrogen-bond acceptors (Lipinski definition) is 2. The lowest BCUT2D eigenvalue weighted by atomic mass is 10.2. The summed E-state index contributed by atoms with van der Waals surface area (Å²) in [6, 6.07) is 13.0. The molecule has 2 aromatic carbocycles. The number of nitrogens with one attached hydrogen (secondary N) is 1. The fraction of sp³-hybridized carbons (Fsp3) is 0. The van der Waals surface area contributed by atoms with E-state index in [1.165, 1.54) is 0 Å². The molecule has 0 bridgehead atoms. The molecule has 2 aromatic rings. The molecule has 0 aliphatic heterocycles. The molecule has 0 spiro atoms. The highest BCUT2D eigenvalue weighted by Gasteiger charge is 2.10. The Morgan fingerprint density at radius 3 is 2.67 bits per heavy atom. The molecule has 2 rings (SSSR count). The van der Waals surface area contributed by atoms with E-state index in [4.69, 9.17) is 0 Å². The zero-order valence-electron chi connectivity index (χ0n) is 9.15. The van der Waals surface area contributed by atoms with Gasteiger partial charge in [0, 0.05) is 12.9 Å². The van der Waals surface area contributed by atoms with Gasteiger partial charge in [-0.1, -0.05) is 12.1 Å². The van der Waals surface area contributed by atoms with Crippen LogP contribution in [0.3, 0.4) is 0 Å². The highest BCUT2D eigenvalue weighted by atomic mass is 127. The molecule has 0 atom stereocenters. The number of thiol groups is 1. The van der Waals surface area contributed by atoms with Gasteiger partial charge in [-0.25, -0.2) is 0 Å². The minimum Gasteiger partial charge on any atom is -0.321 e. The topological polar surface area (TPSA) is 29.1 Å². The lowest BCUT2D eigenvalue weighted by Gasteiger charge is -2.09. The summed E-state index contributed by atoms with van der Waals surface area (Å²) < 4.78 is 1.91. The second-order valence-electron chi connectivity index (χ2n) is 3.60. The summed E-state index contributed by atoms with van der Waals surface area (Å²) in [6.45, 7) is 0. The van der Waals surface area contributed by atoms with Crippen molar-refractivity contribution in [3.63, 3.8) is 0 Å². The van der Waals surface area contributed by atoms with Gasteiger partial charge in [0.15, 0.2) is 0 Å². The Balaban J connectivity index is 2.27. The van der Waals surface area contributed by atoms with E-state index in [0.29, 0.717) is 10.5 Å². The van der Waals surface area contributed by atoms with Crippen LogP contribution in [-0.2, 0) is 0 Å². The Hall–Kier alpha value is -0.530. The fourth-order valence-electron chi connectivity index (χ4n) is 1.45. The van der Waals surface area contributed by atoms with E-state index in [1.54, 1.807) is 12.1 Å². The highest BCUT2D eigenvalue weighted by Crippen LogP contribution is 2.25. The van der Waals surface area contributed by atoms with Gasteiger partial charge in [0.25, 0.3) is 5.91 Å². The van der Waals surface area contributed by atoms with E-state index in [0.717, 1.165) is 13.7 Å². The average molecular weight is 434 g/mol. The van der Waals surface area contributed by atoms with E-state index in [2.05, 4.69) is 56.5 Å². The number of anilines is 1. The maximum atomic E-state index is 12.1. The van der Waals surface area contributed by atoms with Crippen LogP contribution in [0.4, 0.5) is 5.69 Å². The summed E-state index contributed by atoms with van der Waals surface area (Å²) in [5.74, 6) is -0.164. The first-order valence-corrected chi connectivity index (χ1v) is 7.44. The molecule has 18 heavy (non-hydrogen) atoms. The van der Waals surface area contributed by atoms with Crippen LogP contribution in [0.5, 0.6) is 0 Å². The second kappa shape index (κ2) is 6.08. The molecule has 1 N–H and O–H groups in total. The minimum atomic E-state index is -0.164. The Labute approximate surface area is 133 Å². The van der Waals surface area contributed by atoms with E-state index in [-0.39, 0.29) is 5.91 Å². The molecule has 0 saturated carbocycles. The summed E-state index contributed by atoms with van der Waals surface area (Å²) in [6.07, 6.45) is 0. The van der Waals surface area contributed by atoms with Gasteiger partial charge in [-0.3, -0.25) is 4.79 Å². The fourth-order valence-corrected chi connectivity index (χ4v) is 2.55. The highest BCUT2D eigenvalue weighted by molar-refractivity contribution is 14.1. The third-order valence-electron chi connectivity index (χ3n) is 2.33. The average Bonchev–Trinajstić information content (AvgIpc) is 2.34. The van der Waals surface area contributed by atoms with Crippen molar-refractivity contribution in [3.8, 4) is 0 Å². The maximum absolute atomic E-state index is 12.1. The number of amides is 1. The molecule has 92 valence electrons. The van der Waals surface area contributed by atoms with Crippen LogP contribution in [0.1, 0.15) is 10.4 Å². The van der Waals surface area contributed by atoms with Gasteiger partial charge in [0.1, 0.15) is 0 Å². The van der Waals surface area contributed by atoms with Gasteiger partial charge in [-0.05, 0) is 68.9 Å². The van der Waals surface area contributed by atoms with Gasteiger partial charge in [-0.2, -0.15) is 0 Å². The molecule has 0 heterocycles. The molecule has 0 saturated heterocycles. The minimum absolute atomic E-state index is 0.164. The van der Waals surface area contributed by atoms with Crippen LogP contribution in [0.2, 0.25) is 0 Å². The van der Waals surface area contributed by atoms with Gasteiger partial charge < -0.3 is 5.32 Å². The molecule has 0 aliphatic carbocycles. The predicted molar refractivity (Wildman–Crippen MR) is 88.5 cm³/mol. The zero-order chi connectivity index (χ0) is 13.1. The van der Waals surface area contributed by atoms with Crippen LogP contribution >= 0.6 is 51.1 Å². The Morgan fingerprint density at radius 2 is 1.94 bits per heavy atom. The second-order valence-corrected chi connectivity index (χ2v) is 6.18. The number of benzene rings is 2. The number of rotatable bonds is 2. The van der Waals surface area contributed by atoms with Crippen LogP contribution in [0, 0.1) is 3.57 Å². The van der Waals surface area contributed by atoms with Crippen LogP contribution in [0.15, 0.2) is 51.8 Å². The van der Waals surface area contributed by atoms with E-state index in [9.17, 15) is 4.79 Å². The van der Waals surface area contributed by atoms with Crippen LogP contribution in [0.25, 0.3) is 0 Å². The lowest BCUT2D eigenvalue weighted by Crippen LogP contribution is -2.13. The summed E-state index contributed by atoms with van der Waals surface area (Å²) in [5, 5.41) is 2.87. The number of halogens is 2. The van der Waals surface area contributed by atoms with Crippen molar-refractivity contribution >= 4 is 62.7 Å². The first-order chi connectivity index (χ1) is 8.58. The summed E-state index contributed by atoms with van der Waals surface area (Å²) in [5.41, 5.74) is 1.31. The molecule has 0 aliphatic rings. The molecule has 1 amide bonds. The summed E-state index contributed by atoms with van der Waals surface area (Å²) in [7, 11) is 0. The first-order valence-electron chi connectivity index (χ1n) is 5.12. The molecular formula is C13H9BrINOS. The molecule has 5 heteroatoms. The van der Waals surface area contributed by atoms with Crippen molar-refractivity contribution in [1.82, 2.24) is 0 Å². The van der Waals surface area contributed by atoms with Crippen molar-refractivity contribution in [1.29, 1.82) is 0 Å². The summed E-state index contributed by atoms with van der Waals surface area (Å²) >= 11 is 9.89. The van der Waals surface area contributed by atoms with Gasteiger partial charge in [0.2, 0.25) is 0 Å². The number of carbonyl (C=O) groups is 1. The Bertz CT molecular complexity index is 603. The van der Waals surface area contributed by atoms with Crippen molar-refractivity contribution in [3.05, 3.63) is 56.1 Å². The predicted octanol–water partition coefficient (Wildman–Crippen LogP) is 4.59. The molecule has 0 radical (unpaired) electrons. The third-order valence-corrected chi connectivity index (χ3v) is 4.08. The largest absolute Gasteiger partial charge is 0.321 e. The van der Waals surface area contributed by atoms with Crippen molar-refractivity contribution < 1.29 is 4.79 Å². The zero-order valence-corrected chi connectivity index (χ0v) is 13.8. The molecule has 0 unspecified atom stereocenters. The quantitative estimate of drug-likeness (QED) is 0.526. The molecule has 0 fully saturated rings. The van der Waals surface area contributed by atoms with Gasteiger partial charge in [-0.15, -0.1) is 12.6 Å². The lowest BCUT2D eigenvalue weighted by molar-refractivity contribution is 0.102. The summed E-state index contributed by atoms with van der Waals surface area (Å²) in [4.78, 5) is 12.8. The Morgan fingerprint density at radius 1 is 1.22 bits per heavy atom. The normalized spacial score (nSPS) is 10.2. The van der Waals surface area contributed by atoms with E-state index >= 15 is 0 Å². The Kier molecular flexibility index (Phi) is 4.69. The number of carbonyl (C=O) groups excluding carboxylic acids is 1. The standard InChI is InChI=1S/C13H9BrINOS/c14-10-6-5-8(15)7-11(10)16-13(17)9-3-1-2-4-12(9)18/h1-7,18H,(H,16,17). The molecule has 0 aromatic heterocycles. The maximum Gasteiger partial charge on any atom is 0.256 e. The van der Waals surface area contributed by atoms with Crippen molar-refractivity contribution in [2.24, 2.45) is 0 Å². The molecular weight excluding hydrogens is 425 g/mol. The van der Waals surface area contributed by atoms with Crippen molar-refractivity contribution in [2.75, 3.05) is 5.32 Å². The molecule has 2 nitrogen and oxygen atoms in total. The number of hydrogen-bond donors (Lipinski definition) is 2.